The Kier molecular flexibility index (Phi) is 3.54. The highest BCUT2D eigenvalue weighted by Gasteiger charge is 2.12. The summed E-state index contributed by atoms with van der Waals surface area (Å²) in [4.78, 5) is 16.3. The Morgan fingerprint density at radius 1 is 1.53 bits per heavy atom. The van der Waals surface area contributed by atoms with E-state index in [1.165, 1.54) is 11.8 Å². The Bertz CT molecular complexity index is 578. The number of hydrogen-bond acceptors (Lipinski definition) is 4. The molecule has 0 aromatic carbocycles. The van der Waals surface area contributed by atoms with Gasteiger partial charge in [-0.1, -0.05) is 11.6 Å². The van der Waals surface area contributed by atoms with Crippen LogP contribution in [0.15, 0.2) is 33.2 Å². The highest BCUT2D eigenvalue weighted by molar-refractivity contribution is 7.99. The zero-order chi connectivity index (χ0) is 12.4. The van der Waals surface area contributed by atoms with Gasteiger partial charge in [0.25, 0.3) is 0 Å². The van der Waals surface area contributed by atoms with Crippen LogP contribution in [0.3, 0.4) is 0 Å². The number of H-pyrrole nitrogens is 1. The summed E-state index contributed by atoms with van der Waals surface area (Å²) in [6, 6.07) is 3.61. The van der Waals surface area contributed by atoms with Gasteiger partial charge in [-0.05, 0) is 37.7 Å². The molecular weight excluding hydrogens is 260 g/mol. The van der Waals surface area contributed by atoms with Crippen LogP contribution in [0.5, 0.6) is 0 Å². The van der Waals surface area contributed by atoms with Gasteiger partial charge in [-0.25, -0.2) is 14.9 Å². The topological polar surface area (TPSA) is 63.6 Å². The predicted molar refractivity (Wildman–Crippen MR) is 66.6 cm³/mol. The first kappa shape index (κ1) is 12.2. The Balaban J connectivity index is 2.34. The molecule has 2 rings (SSSR count). The lowest BCUT2D eigenvalue weighted by molar-refractivity contribution is 0.534. The molecule has 2 heterocycles. The summed E-state index contributed by atoms with van der Waals surface area (Å²) in [7, 11) is 0. The van der Waals surface area contributed by atoms with E-state index in [-0.39, 0.29) is 11.7 Å². The van der Waals surface area contributed by atoms with Crippen LogP contribution in [0.25, 0.3) is 0 Å². The van der Waals surface area contributed by atoms with Crippen LogP contribution in [-0.4, -0.2) is 19.7 Å². The zero-order valence-corrected chi connectivity index (χ0v) is 10.9. The molecule has 2 aromatic rings. The average Bonchev–Trinajstić information content (AvgIpc) is 2.59. The molecule has 5 nitrogen and oxygen atoms in total. The van der Waals surface area contributed by atoms with Gasteiger partial charge in [0, 0.05) is 17.1 Å². The van der Waals surface area contributed by atoms with Crippen LogP contribution in [0, 0.1) is 0 Å². The molecule has 0 radical (unpaired) electrons. The fourth-order valence-electron chi connectivity index (χ4n) is 1.37. The van der Waals surface area contributed by atoms with Gasteiger partial charge >= 0.3 is 5.69 Å². The quantitative estimate of drug-likeness (QED) is 0.870. The number of aromatic amines is 1. The third kappa shape index (κ3) is 2.70. The summed E-state index contributed by atoms with van der Waals surface area (Å²) in [5.74, 6) is 0. The molecule has 1 N–H and O–H groups in total. The van der Waals surface area contributed by atoms with E-state index >= 15 is 0 Å². The molecule has 90 valence electrons. The van der Waals surface area contributed by atoms with Crippen LogP contribution in [-0.2, 0) is 0 Å². The fraction of sp³-hybridized carbons (Fsp3) is 0.300. The Labute approximate surface area is 107 Å². The van der Waals surface area contributed by atoms with Crippen molar-refractivity contribution in [1.29, 1.82) is 0 Å². The molecule has 0 spiro atoms. The van der Waals surface area contributed by atoms with Gasteiger partial charge in [0.1, 0.15) is 5.15 Å². The SMILES string of the molecule is CC(C)n1c(Sc2ccnc(Cl)c2)n[nH]c1=O. The molecule has 0 saturated carbocycles. The smallest absolute Gasteiger partial charge is 0.267 e. The van der Waals surface area contributed by atoms with Crippen LogP contribution in [0.1, 0.15) is 19.9 Å². The van der Waals surface area contributed by atoms with E-state index in [4.69, 9.17) is 11.6 Å². The van der Waals surface area contributed by atoms with E-state index < -0.39 is 0 Å². The molecule has 0 saturated heterocycles. The van der Waals surface area contributed by atoms with E-state index in [9.17, 15) is 4.79 Å². The molecule has 0 atom stereocenters. The maximum atomic E-state index is 11.5. The van der Waals surface area contributed by atoms with Crippen LogP contribution < -0.4 is 5.69 Å². The predicted octanol–water partition coefficient (Wildman–Crippen LogP) is 2.35. The van der Waals surface area contributed by atoms with Gasteiger partial charge in [-0.2, -0.15) is 0 Å². The molecule has 17 heavy (non-hydrogen) atoms. The second-order valence-electron chi connectivity index (χ2n) is 3.69. The molecule has 0 bridgehead atoms. The van der Waals surface area contributed by atoms with Crippen molar-refractivity contribution >= 4 is 23.4 Å². The van der Waals surface area contributed by atoms with Crippen LogP contribution in [0.2, 0.25) is 5.15 Å². The molecular formula is C10H11ClN4OS. The minimum Gasteiger partial charge on any atom is -0.267 e. The third-order valence-corrected chi connectivity index (χ3v) is 3.26. The fourth-order valence-corrected chi connectivity index (χ4v) is 2.60. The molecule has 2 aromatic heterocycles. The van der Waals surface area contributed by atoms with Gasteiger partial charge in [-0.3, -0.25) is 4.57 Å². The number of halogens is 1. The van der Waals surface area contributed by atoms with Crippen molar-refractivity contribution < 1.29 is 0 Å². The lowest BCUT2D eigenvalue weighted by atomic mass is 10.4. The lowest BCUT2D eigenvalue weighted by Crippen LogP contribution is -2.19. The minimum absolute atomic E-state index is 0.0565. The van der Waals surface area contributed by atoms with Crippen molar-refractivity contribution in [2.75, 3.05) is 0 Å². The standard InChI is InChI=1S/C10H11ClN4OS/c1-6(2)15-9(16)13-14-10(15)17-7-3-4-12-8(11)5-7/h3-6H,1-2H3,(H,13,16). The van der Waals surface area contributed by atoms with Crippen LogP contribution >= 0.6 is 23.4 Å². The van der Waals surface area contributed by atoms with Gasteiger partial charge in [0.15, 0.2) is 5.16 Å². The lowest BCUT2D eigenvalue weighted by Gasteiger charge is -2.08. The normalized spacial score (nSPS) is 11.1. The minimum atomic E-state index is -0.206. The second-order valence-corrected chi connectivity index (χ2v) is 5.12. The first-order valence-electron chi connectivity index (χ1n) is 5.04. The Morgan fingerprint density at radius 2 is 2.29 bits per heavy atom. The van der Waals surface area contributed by atoms with Crippen molar-refractivity contribution in [2.24, 2.45) is 0 Å². The zero-order valence-electron chi connectivity index (χ0n) is 9.35. The van der Waals surface area contributed by atoms with E-state index in [0.717, 1.165) is 4.90 Å². The monoisotopic (exact) mass is 270 g/mol. The molecule has 0 aliphatic heterocycles. The van der Waals surface area contributed by atoms with E-state index in [2.05, 4.69) is 15.2 Å². The number of rotatable bonds is 3. The molecule has 0 fully saturated rings. The van der Waals surface area contributed by atoms with Crippen molar-refractivity contribution in [3.63, 3.8) is 0 Å². The summed E-state index contributed by atoms with van der Waals surface area (Å²) in [6.07, 6.45) is 1.62. The van der Waals surface area contributed by atoms with Crippen molar-refractivity contribution in [3.05, 3.63) is 34.0 Å². The highest BCUT2D eigenvalue weighted by Crippen LogP contribution is 2.27. The van der Waals surface area contributed by atoms with E-state index in [0.29, 0.717) is 10.3 Å². The summed E-state index contributed by atoms with van der Waals surface area (Å²) >= 11 is 7.17. The van der Waals surface area contributed by atoms with Gasteiger partial charge in [-0.15, -0.1) is 5.10 Å². The second kappa shape index (κ2) is 4.93. The number of aromatic nitrogens is 4. The molecule has 0 aliphatic carbocycles. The number of nitrogens with zero attached hydrogens (tertiary/aromatic N) is 3. The molecule has 0 unspecified atom stereocenters. The number of nitrogens with one attached hydrogen (secondary N) is 1. The summed E-state index contributed by atoms with van der Waals surface area (Å²) in [6.45, 7) is 3.86. The van der Waals surface area contributed by atoms with Gasteiger partial charge < -0.3 is 0 Å². The van der Waals surface area contributed by atoms with Crippen LogP contribution in [0.4, 0.5) is 0 Å². The summed E-state index contributed by atoms with van der Waals surface area (Å²) in [5.41, 5.74) is -0.206. The summed E-state index contributed by atoms with van der Waals surface area (Å²) in [5, 5.41) is 7.47. The van der Waals surface area contributed by atoms with E-state index in [1.54, 1.807) is 16.8 Å². The average molecular weight is 271 g/mol. The van der Waals surface area contributed by atoms with E-state index in [1.807, 2.05) is 19.9 Å². The number of pyridine rings is 1. The molecule has 7 heteroatoms. The van der Waals surface area contributed by atoms with Crippen molar-refractivity contribution in [3.8, 4) is 0 Å². The highest BCUT2D eigenvalue weighted by atomic mass is 35.5. The largest absolute Gasteiger partial charge is 0.344 e. The maximum absolute atomic E-state index is 11.5. The molecule has 0 aliphatic rings. The van der Waals surface area contributed by atoms with Crippen molar-refractivity contribution in [2.45, 2.75) is 29.9 Å². The summed E-state index contributed by atoms with van der Waals surface area (Å²) < 4.78 is 1.60. The Hall–Kier alpha value is -1.27. The van der Waals surface area contributed by atoms with Gasteiger partial charge in [0.2, 0.25) is 0 Å². The molecule has 0 amide bonds. The number of hydrogen-bond donors (Lipinski definition) is 1. The van der Waals surface area contributed by atoms with Gasteiger partial charge in [0.05, 0.1) is 0 Å². The van der Waals surface area contributed by atoms with Crippen molar-refractivity contribution in [1.82, 2.24) is 19.7 Å². The maximum Gasteiger partial charge on any atom is 0.344 e. The third-order valence-electron chi connectivity index (χ3n) is 2.10. The first-order chi connectivity index (χ1) is 8.08. The Morgan fingerprint density at radius 3 is 2.94 bits per heavy atom. The first-order valence-corrected chi connectivity index (χ1v) is 6.23.